The summed E-state index contributed by atoms with van der Waals surface area (Å²) in [5.74, 6) is 0.307. The maximum atomic E-state index is 13.5. The van der Waals surface area contributed by atoms with Crippen LogP contribution in [-0.2, 0) is 10.5 Å². The van der Waals surface area contributed by atoms with Gasteiger partial charge in [-0.2, -0.15) is 5.10 Å². The third-order valence-electron chi connectivity index (χ3n) is 5.91. The highest BCUT2D eigenvalue weighted by Gasteiger charge is 2.61. The molecule has 0 radical (unpaired) electrons. The second-order valence-electron chi connectivity index (χ2n) is 7.67. The zero-order valence-corrected chi connectivity index (χ0v) is 19.0. The Hall–Kier alpha value is -2.54. The van der Waals surface area contributed by atoms with Crippen LogP contribution in [0.4, 0.5) is 5.69 Å². The van der Waals surface area contributed by atoms with Crippen LogP contribution in [0.5, 0.6) is 5.75 Å². The molecule has 0 saturated heterocycles. The van der Waals surface area contributed by atoms with E-state index in [4.69, 9.17) is 33.0 Å². The van der Waals surface area contributed by atoms with E-state index < -0.39 is 5.72 Å². The quantitative estimate of drug-likeness (QED) is 0.426. The molecule has 0 aliphatic carbocycles. The fraction of sp³-hybridized carbons (Fsp3) is 0.130. The summed E-state index contributed by atoms with van der Waals surface area (Å²) in [6.45, 7) is 0. The molecule has 8 heteroatoms. The molecule has 154 valence electrons. The molecule has 0 aromatic heterocycles. The fourth-order valence-electron chi connectivity index (χ4n) is 4.53. The van der Waals surface area contributed by atoms with Crippen molar-refractivity contribution in [2.45, 2.75) is 18.2 Å². The van der Waals surface area contributed by atoms with Gasteiger partial charge in [0.25, 0.3) is 5.91 Å². The lowest BCUT2D eigenvalue weighted by Gasteiger charge is -2.44. The summed E-state index contributed by atoms with van der Waals surface area (Å²) < 4.78 is 7.42. The highest BCUT2D eigenvalue weighted by Crippen LogP contribution is 2.55. The minimum absolute atomic E-state index is 0.168. The number of benzene rings is 3. The number of rotatable bonds is 1. The molecule has 3 aliphatic rings. The van der Waals surface area contributed by atoms with Gasteiger partial charge in [0.2, 0.25) is 0 Å². The molecule has 0 fully saturated rings. The van der Waals surface area contributed by atoms with Crippen LogP contribution in [0.25, 0.3) is 0 Å². The summed E-state index contributed by atoms with van der Waals surface area (Å²) in [4.78, 5) is 13.5. The Morgan fingerprint density at radius 2 is 1.90 bits per heavy atom. The monoisotopic (exact) mass is 513 g/mol. The number of halogens is 3. The van der Waals surface area contributed by atoms with Gasteiger partial charge in [-0.3, -0.25) is 4.79 Å². The molecule has 3 aromatic carbocycles. The van der Waals surface area contributed by atoms with Crippen LogP contribution in [0.2, 0.25) is 10.0 Å². The van der Waals surface area contributed by atoms with Crippen LogP contribution in [-0.4, -0.2) is 16.6 Å². The second kappa shape index (κ2) is 6.73. The maximum absolute atomic E-state index is 13.5. The number of anilines is 1. The van der Waals surface area contributed by atoms with E-state index in [1.54, 1.807) is 17.1 Å². The lowest BCUT2D eigenvalue weighted by Crippen LogP contribution is -2.55. The molecule has 3 heterocycles. The van der Waals surface area contributed by atoms with E-state index in [-0.39, 0.29) is 11.9 Å². The summed E-state index contributed by atoms with van der Waals surface area (Å²) in [6, 6.07) is 18.9. The molecule has 1 amide bonds. The van der Waals surface area contributed by atoms with Crippen LogP contribution in [0.15, 0.2) is 70.2 Å². The Bertz CT molecular complexity index is 1290. The van der Waals surface area contributed by atoms with E-state index in [2.05, 4.69) is 21.2 Å². The Balaban J connectivity index is 1.59. The Morgan fingerprint density at radius 3 is 2.71 bits per heavy atom. The van der Waals surface area contributed by atoms with E-state index in [0.29, 0.717) is 33.5 Å². The van der Waals surface area contributed by atoms with Crippen LogP contribution >= 0.6 is 39.1 Å². The van der Waals surface area contributed by atoms with Crippen molar-refractivity contribution < 1.29 is 9.53 Å². The first kappa shape index (κ1) is 19.2. The first-order valence-electron chi connectivity index (χ1n) is 9.69. The van der Waals surface area contributed by atoms with Crippen molar-refractivity contribution in [2.24, 2.45) is 5.10 Å². The van der Waals surface area contributed by atoms with E-state index in [0.717, 1.165) is 21.3 Å². The van der Waals surface area contributed by atoms with Gasteiger partial charge in [-0.25, -0.2) is 5.01 Å². The van der Waals surface area contributed by atoms with E-state index in [1.807, 2.05) is 48.5 Å². The molecule has 31 heavy (non-hydrogen) atoms. The largest absolute Gasteiger partial charge is 0.453 e. The van der Waals surface area contributed by atoms with Crippen molar-refractivity contribution in [2.75, 3.05) is 5.32 Å². The van der Waals surface area contributed by atoms with Crippen LogP contribution in [0.3, 0.4) is 0 Å². The third kappa shape index (κ3) is 2.68. The van der Waals surface area contributed by atoms with Crippen molar-refractivity contribution in [3.63, 3.8) is 0 Å². The number of carbonyl (C=O) groups is 1. The number of nitrogens with zero attached hydrogens (tertiary/aromatic N) is 2. The molecule has 1 N–H and O–H groups in total. The maximum Gasteiger partial charge on any atom is 0.306 e. The van der Waals surface area contributed by atoms with Crippen molar-refractivity contribution in [1.82, 2.24) is 5.01 Å². The molecule has 6 rings (SSSR count). The Kier molecular flexibility index (Phi) is 4.16. The molecular weight excluding hydrogens is 501 g/mol. The van der Waals surface area contributed by atoms with Gasteiger partial charge in [0.15, 0.2) is 0 Å². The molecule has 2 unspecified atom stereocenters. The van der Waals surface area contributed by atoms with Gasteiger partial charge in [-0.05, 0) is 35.9 Å². The summed E-state index contributed by atoms with van der Waals surface area (Å²) >= 11 is 16.2. The van der Waals surface area contributed by atoms with Crippen molar-refractivity contribution >= 4 is 56.4 Å². The number of carbonyl (C=O) groups excluding carboxylic acids is 1. The van der Waals surface area contributed by atoms with Gasteiger partial charge in [-0.15, -0.1) is 0 Å². The van der Waals surface area contributed by atoms with E-state index in [9.17, 15) is 4.79 Å². The van der Waals surface area contributed by atoms with Gasteiger partial charge >= 0.3 is 5.72 Å². The molecule has 1 spiro atoms. The number of amides is 1. The number of para-hydroxylation sites is 1. The molecule has 0 bridgehead atoms. The van der Waals surface area contributed by atoms with Gasteiger partial charge in [0.05, 0.1) is 28.0 Å². The first-order chi connectivity index (χ1) is 15.0. The fourth-order valence-corrected chi connectivity index (χ4v) is 5.34. The average molecular weight is 515 g/mol. The Morgan fingerprint density at radius 1 is 1.13 bits per heavy atom. The summed E-state index contributed by atoms with van der Waals surface area (Å²) in [6.07, 6.45) is 0.640. The minimum Gasteiger partial charge on any atom is -0.453 e. The number of fused-ring (bicyclic) bond motifs is 6. The Labute approximate surface area is 196 Å². The molecular formula is C23H14BrCl2N3O2. The number of hydrogen-bond donors (Lipinski definition) is 1. The average Bonchev–Trinajstić information content (AvgIpc) is 3.31. The lowest BCUT2D eigenvalue weighted by molar-refractivity contribution is -0.161. The van der Waals surface area contributed by atoms with Crippen LogP contribution < -0.4 is 10.1 Å². The van der Waals surface area contributed by atoms with E-state index >= 15 is 0 Å². The molecule has 0 saturated carbocycles. The van der Waals surface area contributed by atoms with Gasteiger partial charge < -0.3 is 10.1 Å². The molecule has 5 nitrogen and oxygen atoms in total. The highest BCUT2D eigenvalue weighted by molar-refractivity contribution is 9.10. The van der Waals surface area contributed by atoms with Crippen LogP contribution in [0.1, 0.15) is 29.2 Å². The van der Waals surface area contributed by atoms with Crippen LogP contribution in [0, 0.1) is 0 Å². The number of nitrogens with one attached hydrogen (secondary N) is 1. The van der Waals surface area contributed by atoms with Gasteiger partial charge in [0.1, 0.15) is 5.75 Å². The van der Waals surface area contributed by atoms with Crippen molar-refractivity contribution in [3.05, 3.63) is 91.9 Å². The summed E-state index contributed by atoms with van der Waals surface area (Å²) in [5.41, 5.74) is 2.44. The minimum atomic E-state index is -1.49. The zero-order valence-electron chi connectivity index (χ0n) is 15.9. The first-order valence-corrected chi connectivity index (χ1v) is 11.2. The second-order valence-corrected chi connectivity index (χ2v) is 9.43. The summed E-state index contributed by atoms with van der Waals surface area (Å²) in [5, 5.41) is 10.4. The molecule has 3 aliphatic heterocycles. The molecule has 3 aromatic rings. The van der Waals surface area contributed by atoms with Gasteiger partial charge in [0, 0.05) is 21.5 Å². The SMILES string of the molecule is O=C1Nc2c(Cl)cc(Cl)cc2C12Oc1ccccc1C1CC(c3ccc(Br)cc3)=NN12. The number of ether oxygens (including phenoxy) is 1. The van der Waals surface area contributed by atoms with Gasteiger partial charge in [-0.1, -0.05) is 69.5 Å². The lowest BCUT2D eigenvalue weighted by atomic mass is 9.92. The number of hydrogen-bond acceptors (Lipinski definition) is 4. The smallest absolute Gasteiger partial charge is 0.306 e. The topological polar surface area (TPSA) is 53.9 Å². The van der Waals surface area contributed by atoms with Crippen molar-refractivity contribution in [3.8, 4) is 5.75 Å². The predicted molar refractivity (Wildman–Crippen MR) is 124 cm³/mol. The molecule has 2 atom stereocenters. The summed E-state index contributed by atoms with van der Waals surface area (Å²) in [7, 11) is 0. The van der Waals surface area contributed by atoms with E-state index in [1.165, 1.54) is 0 Å². The van der Waals surface area contributed by atoms with Crippen molar-refractivity contribution in [1.29, 1.82) is 0 Å². The highest BCUT2D eigenvalue weighted by atomic mass is 79.9. The standard InChI is InChI=1S/C23H14BrCl2N3O2/c24-13-7-5-12(6-8-13)18-11-19-15-3-1-2-4-20(15)31-23(29(19)28-18)16-9-14(25)10-17(26)21(16)27-22(23)30/h1-10,19H,11H2,(H,27,30). The number of hydrazone groups is 1. The normalized spacial score (nSPS) is 23.1. The third-order valence-corrected chi connectivity index (χ3v) is 6.96. The zero-order chi connectivity index (χ0) is 21.3. The predicted octanol–water partition coefficient (Wildman–Crippen LogP) is 6.10.